The molecule has 5 nitrogen and oxygen atoms in total. The van der Waals surface area contributed by atoms with Gasteiger partial charge in [0, 0.05) is 44.5 Å². The highest BCUT2D eigenvalue weighted by Gasteiger charge is 2.24. The number of rotatable bonds is 3. The minimum atomic E-state index is 0.0576. The van der Waals surface area contributed by atoms with Crippen LogP contribution in [0.4, 0.5) is 0 Å². The summed E-state index contributed by atoms with van der Waals surface area (Å²) in [6, 6.07) is 1.83. The molecule has 1 aliphatic rings. The van der Waals surface area contributed by atoms with Gasteiger partial charge in [-0.05, 0) is 11.4 Å². The Morgan fingerprint density at radius 3 is 2.44 bits per heavy atom. The highest BCUT2D eigenvalue weighted by Crippen LogP contribution is 2.12. The topological polar surface area (TPSA) is 66.6 Å². The van der Waals surface area contributed by atoms with E-state index in [2.05, 4.69) is 0 Å². The Morgan fingerprint density at radius 2 is 1.89 bits per heavy atom. The van der Waals surface area contributed by atoms with Crippen molar-refractivity contribution in [2.75, 3.05) is 32.7 Å². The van der Waals surface area contributed by atoms with Crippen molar-refractivity contribution < 1.29 is 9.59 Å². The van der Waals surface area contributed by atoms with E-state index in [9.17, 15) is 9.59 Å². The predicted octanol–water partition coefficient (Wildman–Crippen LogP) is 0.381. The smallest absolute Gasteiger partial charge is 0.254 e. The lowest BCUT2D eigenvalue weighted by molar-refractivity contribution is -0.132. The van der Waals surface area contributed by atoms with Gasteiger partial charge in [-0.15, -0.1) is 0 Å². The lowest BCUT2D eigenvalue weighted by atomic mass is 10.2. The average Bonchev–Trinajstić information content (AvgIpc) is 2.92. The summed E-state index contributed by atoms with van der Waals surface area (Å²) in [7, 11) is 0. The van der Waals surface area contributed by atoms with Gasteiger partial charge < -0.3 is 15.5 Å². The molecule has 0 saturated carbocycles. The van der Waals surface area contributed by atoms with Crippen molar-refractivity contribution in [2.45, 2.75) is 6.42 Å². The third-order valence-electron chi connectivity index (χ3n) is 3.05. The van der Waals surface area contributed by atoms with E-state index in [0.29, 0.717) is 39.1 Å². The summed E-state index contributed by atoms with van der Waals surface area (Å²) in [6.07, 6.45) is 0.387. The van der Waals surface area contributed by atoms with Crippen LogP contribution in [0.25, 0.3) is 0 Å². The van der Waals surface area contributed by atoms with Crippen molar-refractivity contribution in [2.24, 2.45) is 5.73 Å². The Hall–Kier alpha value is -1.40. The number of amides is 2. The van der Waals surface area contributed by atoms with Crippen molar-refractivity contribution in [1.29, 1.82) is 0 Å². The van der Waals surface area contributed by atoms with Gasteiger partial charge in [-0.2, -0.15) is 11.3 Å². The van der Waals surface area contributed by atoms with Crippen LogP contribution in [0.3, 0.4) is 0 Å². The number of nitrogens with two attached hydrogens (primary N) is 1. The maximum Gasteiger partial charge on any atom is 0.254 e. The van der Waals surface area contributed by atoms with Crippen LogP contribution in [0.1, 0.15) is 16.8 Å². The molecule has 2 rings (SSSR count). The fourth-order valence-electron chi connectivity index (χ4n) is 2.01. The highest BCUT2D eigenvalue weighted by molar-refractivity contribution is 7.08. The van der Waals surface area contributed by atoms with Gasteiger partial charge in [-0.3, -0.25) is 9.59 Å². The highest BCUT2D eigenvalue weighted by atomic mass is 32.1. The maximum atomic E-state index is 12.1. The molecule has 1 aliphatic heterocycles. The first-order chi connectivity index (χ1) is 8.72. The van der Waals surface area contributed by atoms with Gasteiger partial charge in [0.25, 0.3) is 5.91 Å². The molecular formula is C12H17N3O2S. The normalized spacial score (nSPS) is 15.8. The molecule has 1 saturated heterocycles. The number of hydrogen-bond acceptors (Lipinski definition) is 4. The molecule has 98 valence electrons. The number of thiophene rings is 1. The van der Waals surface area contributed by atoms with Crippen LogP contribution in [0.2, 0.25) is 0 Å². The van der Waals surface area contributed by atoms with Gasteiger partial charge in [0.15, 0.2) is 0 Å². The number of piperazine rings is 1. The van der Waals surface area contributed by atoms with Crippen molar-refractivity contribution in [3.05, 3.63) is 22.4 Å². The number of nitrogens with zero attached hydrogens (tertiary/aromatic N) is 2. The zero-order valence-corrected chi connectivity index (χ0v) is 11.0. The molecule has 0 bridgehead atoms. The molecule has 18 heavy (non-hydrogen) atoms. The third-order valence-corrected chi connectivity index (χ3v) is 3.73. The molecule has 0 spiro atoms. The Labute approximate surface area is 110 Å². The molecule has 6 heteroatoms. The first-order valence-corrected chi connectivity index (χ1v) is 6.96. The first-order valence-electron chi connectivity index (χ1n) is 6.01. The number of carbonyl (C=O) groups excluding carboxylic acids is 2. The fourth-order valence-corrected chi connectivity index (χ4v) is 2.64. The van der Waals surface area contributed by atoms with E-state index < -0.39 is 0 Å². The second-order valence-corrected chi connectivity index (χ2v) is 5.00. The molecule has 1 aromatic heterocycles. The first kappa shape index (κ1) is 13.0. The van der Waals surface area contributed by atoms with E-state index in [1.807, 2.05) is 16.8 Å². The SMILES string of the molecule is NCCC(=O)N1CCN(C(=O)c2ccsc2)CC1. The molecule has 0 unspecified atom stereocenters. The average molecular weight is 267 g/mol. The van der Waals surface area contributed by atoms with E-state index in [0.717, 1.165) is 5.56 Å². The predicted molar refractivity (Wildman–Crippen MR) is 70.5 cm³/mol. The monoisotopic (exact) mass is 267 g/mol. The zero-order chi connectivity index (χ0) is 13.0. The van der Waals surface area contributed by atoms with Crippen LogP contribution in [0.5, 0.6) is 0 Å². The zero-order valence-electron chi connectivity index (χ0n) is 10.2. The van der Waals surface area contributed by atoms with Gasteiger partial charge in [0.2, 0.25) is 5.91 Å². The summed E-state index contributed by atoms with van der Waals surface area (Å²) in [6.45, 7) is 2.80. The summed E-state index contributed by atoms with van der Waals surface area (Å²) in [5, 5.41) is 3.75. The summed E-state index contributed by atoms with van der Waals surface area (Å²) in [5.41, 5.74) is 6.10. The molecule has 1 fully saturated rings. The van der Waals surface area contributed by atoms with Crippen molar-refractivity contribution in [3.63, 3.8) is 0 Å². The minimum absolute atomic E-state index is 0.0576. The summed E-state index contributed by atoms with van der Waals surface area (Å²) < 4.78 is 0. The van der Waals surface area contributed by atoms with Gasteiger partial charge in [-0.1, -0.05) is 0 Å². The van der Waals surface area contributed by atoms with Crippen molar-refractivity contribution in [3.8, 4) is 0 Å². The van der Waals surface area contributed by atoms with Crippen LogP contribution >= 0.6 is 11.3 Å². The van der Waals surface area contributed by atoms with Gasteiger partial charge in [0.1, 0.15) is 0 Å². The van der Waals surface area contributed by atoms with Crippen LogP contribution in [-0.4, -0.2) is 54.3 Å². The van der Waals surface area contributed by atoms with E-state index in [4.69, 9.17) is 5.73 Å². The van der Waals surface area contributed by atoms with E-state index in [1.54, 1.807) is 9.80 Å². The quantitative estimate of drug-likeness (QED) is 0.861. The second kappa shape index (κ2) is 5.97. The van der Waals surface area contributed by atoms with Crippen LogP contribution in [0.15, 0.2) is 16.8 Å². The Balaban J connectivity index is 1.87. The van der Waals surface area contributed by atoms with Crippen LogP contribution in [-0.2, 0) is 4.79 Å². The maximum absolute atomic E-state index is 12.1. The fraction of sp³-hybridized carbons (Fsp3) is 0.500. The number of hydrogen-bond donors (Lipinski definition) is 1. The second-order valence-electron chi connectivity index (χ2n) is 4.22. The Kier molecular flexibility index (Phi) is 4.33. The molecule has 0 aromatic carbocycles. The van der Waals surface area contributed by atoms with Gasteiger partial charge in [-0.25, -0.2) is 0 Å². The Morgan fingerprint density at radius 1 is 1.22 bits per heavy atom. The molecular weight excluding hydrogens is 250 g/mol. The van der Waals surface area contributed by atoms with Crippen LogP contribution < -0.4 is 5.73 Å². The molecule has 0 radical (unpaired) electrons. The largest absolute Gasteiger partial charge is 0.339 e. The van der Waals surface area contributed by atoms with Crippen molar-refractivity contribution in [1.82, 2.24) is 9.80 Å². The lowest BCUT2D eigenvalue weighted by Gasteiger charge is -2.34. The molecule has 2 N–H and O–H groups in total. The van der Waals surface area contributed by atoms with E-state index in [1.165, 1.54) is 11.3 Å². The summed E-state index contributed by atoms with van der Waals surface area (Å²) in [4.78, 5) is 27.3. The molecule has 2 heterocycles. The third kappa shape index (κ3) is 2.88. The van der Waals surface area contributed by atoms with Crippen molar-refractivity contribution >= 4 is 23.2 Å². The molecule has 1 aromatic rings. The van der Waals surface area contributed by atoms with Gasteiger partial charge >= 0.3 is 0 Å². The van der Waals surface area contributed by atoms with Gasteiger partial charge in [0.05, 0.1) is 5.56 Å². The molecule has 0 atom stereocenters. The Bertz CT molecular complexity index is 411. The van der Waals surface area contributed by atoms with Crippen LogP contribution in [0, 0.1) is 0 Å². The molecule has 2 amide bonds. The van der Waals surface area contributed by atoms with E-state index >= 15 is 0 Å². The molecule has 0 aliphatic carbocycles. The summed E-state index contributed by atoms with van der Waals surface area (Å²) in [5.74, 6) is 0.141. The minimum Gasteiger partial charge on any atom is -0.339 e. The standard InChI is InChI=1S/C12H17N3O2S/c13-3-1-11(16)14-4-6-15(7-5-14)12(17)10-2-8-18-9-10/h2,8-9H,1,3-7,13H2. The van der Waals surface area contributed by atoms with E-state index in [-0.39, 0.29) is 11.8 Å². The lowest BCUT2D eigenvalue weighted by Crippen LogP contribution is -2.50. The summed E-state index contributed by atoms with van der Waals surface area (Å²) >= 11 is 1.52. The number of carbonyl (C=O) groups is 2.